The van der Waals surface area contributed by atoms with Gasteiger partial charge >= 0.3 is 0 Å². The number of nitrogens with one attached hydrogen (secondary N) is 1. The van der Waals surface area contributed by atoms with Gasteiger partial charge in [-0.1, -0.05) is 0 Å². The van der Waals surface area contributed by atoms with E-state index in [9.17, 15) is 9.59 Å². The molecule has 2 rings (SSSR count). The van der Waals surface area contributed by atoms with Gasteiger partial charge < -0.3 is 30.2 Å². The number of likely N-dealkylation sites (N-methyl/N-ethyl adjacent to an activating group) is 1. The highest BCUT2D eigenvalue weighted by atomic mass is 16.5. The number of carbonyl (C=O) groups is 2. The molecule has 8 heteroatoms. The maximum atomic E-state index is 13.0. The molecule has 1 saturated heterocycles. The Morgan fingerprint density at radius 3 is 2.38 bits per heavy atom. The fourth-order valence-electron chi connectivity index (χ4n) is 2.93. The van der Waals surface area contributed by atoms with Crippen molar-refractivity contribution in [2.24, 2.45) is 5.73 Å². The maximum Gasteiger partial charge on any atom is 0.258 e. The Bertz CT molecular complexity index is 634. The Balaban J connectivity index is 2.43. The molecule has 1 heterocycles. The second-order valence-corrected chi connectivity index (χ2v) is 5.47. The summed E-state index contributed by atoms with van der Waals surface area (Å²) in [7, 11) is 5.94. The number of likely N-dealkylation sites (tertiary alicyclic amines) is 1. The van der Waals surface area contributed by atoms with Crippen LogP contribution in [-0.4, -0.2) is 63.7 Å². The number of hydrogen-bond acceptors (Lipinski definition) is 6. The van der Waals surface area contributed by atoms with Crippen molar-refractivity contribution in [3.8, 4) is 17.2 Å². The first kappa shape index (κ1) is 17.9. The number of carbonyl (C=O) groups excluding carboxylic acids is 2. The summed E-state index contributed by atoms with van der Waals surface area (Å²) in [6.07, 6.45) is 0.418. The second-order valence-electron chi connectivity index (χ2n) is 5.47. The number of ether oxygens (including phenoxy) is 3. The Labute approximate surface area is 140 Å². The minimum Gasteiger partial charge on any atom is -0.493 e. The smallest absolute Gasteiger partial charge is 0.258 e. The highest BCUT2D eigenvalue weighted by Crippen LogP contribution is 2.40. The van der Waals surface area contributed by atoms with Crippen LogP contribution in [0.2, 0.25) is 0 Å². The zero-order chi connectivity index (χ0) is 17.9. The van der Waals surface area contributed by atoms with Gasteiger partial charge in [-0.3, -0.25) is 9.59 Å². The van der Waals surface area contributed by atoms with Gasteiger partial charge in [-0.15, -0.1) is 0 Å². The van der Waals surface area contributed by atoms with Crippen LogP contribution in [-0.2, 0) is 4.79 Å². The van der Waals surface area contributed by atoms with Crippen molar-refractivity contribution in [2.45, 2.75) is 18.5 Å². The molecule has 0 spiro atoms. The molecule has 1 fully saturated rings. The normalized spacial score (nSPS) is 19.8. The molecule has 8 nitrogen and oxygen atoms in total. The van der Waals surface area contributed by atoms with Crippen molar-refractivity contribution in [2.75, 3.05) is 34.9 Å². The van der Waals surface area contributed by atoms with Crippen LogP contribution < -0.4 is 25.3 Å². The van der Waals surface area contributed by atoms with Gasteiger partial charge in [-0.05, 0) is 18.6 Å². The predicted octanol–water partition coefficient (Wildman–Crippen LogP) is 0.000200. The molecule has 1 aliphatic heterocycles. The van der Waals surface area contributed by atoms with E-state index in [-0.39, 0.29) is 29.2 Å². The number of nitrogens with zero attached hydrogens (tertiary/aromatic N) is 1. The molecule has 3 N–H and O–H groups in total. The molecular formula is C16H23N3O5. The molecule has 2 amide bonds. The van der Waals surface area contributed by atoms with E-state index >= 15 is 0 Å². The Morgan fingerprint density at radius 2 is 1.83 bits per heavy atom. The van der Waals surface area contributed by atoms with Crippen LogP contribution in [0.15, 0.2) is 12.1 Å². The molecule has 0 aromatic heterocycles. The molecule has 1 aromatic carbocycles. The van der Waals surface area contributed by atoms with E-state index in [0.29, 0.717) is 24.5 Å². The molecule has 0 saturated carbocycles. The monoisotopic (exact) mass is 337 g/mol. The lowest BCUT2D eigenvalue weighted by atomic mass is 10.1. The number of benzene rings is 1. The summed E-state index contributed by atoms with van der Waals surface area (Å²) in [5.74, 6) is 0.459. The van der Waals surface area contributed by atoms with Crippen LogP contribution >= 0.6 is 0 Å². The average molecular weight is 337 g/mol. The zero-order valence-electron chi connectivity index (χ0n) is 14.3. The number of methoxy groups -OCH3 is 3. The average Bonchev–Trinajstić information content (AvgIpc) is 3.00. The molecule has 1 aliphatic rings. The van der Waals surface area contributed by atoms with E-state index in [0.717, 1.165) is 0 Å². The summed E-state index contributed by atoms with van der Waals surface area (Å²) in [6, 6.07) is 2.37. The highest BCUT2D eigenvalue weighted by molar-refractivity contribution is 6.01. The number of hydrogen-bond donors (Lipinski definition) is 2. The molecule has 0 radical (unpaired) electrons. The topological polar surface area (TPSA) is 103 Å². The Kier molecular flexibility index (Phi) is 5.50. The van der Waals surface area contributed by atoms with Gasteiger partial charge in [0, 0.05) is 19.6 Å². The third kappa shape index (κ3) is 3.09. The van der Waals surface area contributed by atoms with Crippen molar-refractivity contribution >= 4 is 11.8 Å². The summed E-state index contributed by atoms with van der Waals surface area (Å²) < 4.78 is 15.9. The standard InChI is InChI=1S/C16H23N3O5/c1-18-15(20)11-7-9(17)8-19(11)16(21)10-5-6-12(22-2)14(24-4)13(10)23-3/h5-6,9,11H,7-8,17H2,1-4H3,(H,18,20)/t9-,11+/m1/s1. The summed E-state index contributed by atoms with van der Waals surface area (Å²) in [5.41, 5.74) is 6.24. The minimum absolute atomic E-state index is 0.240. The van der Waals surface area contributed by atoms with Crippen molar-refractivity contribution in [3.63, 3.8) is 0 Å². The van der Waals surface area contributed by atoms with Crippen LogP contribution in [0.3, 0.4) is 0 Å². The van der Waals surface area contributed by atoms with Crippen LogP contribution in [0.4, 0.5) is 0 Å². The minimum atomic E-state index is -0.602. The van der Waals surface area contributed by atoms with E-state index in [1.807, 2.05) is 0 Å². The summed E-state index contributed by atoms with van der Waals surface area (Å²) in [6.45, 7) is 0.300. The van der Waals surface area contributed by atoms with E-state index in [1.165, 1.54) is 33.3 Å². The van der Waals surface area contributed by atoms with Crippen molar-refractivity contribution < 1.29 is 23.8 Å². The van der Waals surface area contributed by atoms with E-state index < -0.39 is 6.04 Å². The summed E-state index contributed by atoms with van der Waals surface area (Å²) in [4.78, 5) is 26.5. The van der Waals surface area contributed by atoms with E-state index in [2.05, 4.69) is 5.32 Å². The van der Waals surface area contributed by atoms with Gasteiger partial charge in [0.2, 0.25) is 11.7 Å². The maximum absolute atomic E-state index is 13.0. The molecule has 0 unspecified atom stereocenters. The SMILES string of the molecule is CNC(=O)[C@@H]1C[C@@H](N)CN1C(=O)c1ccc(OC)c(OC)c1OC. The summed E-state index contributed by atoms with van der Waals surface area (Å²) >= 11 is 0. The van der Waals surface area contributed by atoms with Gasteiger partial charge in [-0.25, -0.2) is 0 Å². The molecule has 1 aromatic rings. The number of rotatable bonds is 5. The van der Waals surface area contributed by atoms with Crippen LogP contribution in [0.25, 0.3) is 0 Å². The first-order valence-electron chi connectivity index (χ1n) is 7.55. The fraction of sp³-hybridized carbons (Fsp3) is 0.500. The second kappa shape index (κ2) is 7.39. The third-order valence-electron chi connectivity index (χ3n) is 4.08. The number of amides is 2. The largest absolute Gasteiger partial charge is 0.493 e. The summed E-state index contributed by atoms with van der Waals surface area (Å²) in [5, 5.41) is 2.57. The van der Waals surface area contributed by atoms with Crippen LogP contribution in [0, 0.1) is 0 Å². The van der Waals surface area contributed by atoms with Gasteiger partial charge in [0.25, 0.3) is 5.91 Å². The first-order chi connectivity index (χ1) is 11.5. The predicted molar refractivity (Wildman–Crippen MR) is 87.6 cm³/mol. The van der Waals surface area contributed by atoms with Gasteiger partial charge in [0.05, 0.1) is 26.9 Å². The molecule has 132 valence electrons. The lowest BCUT2D eigenvalue weighted by molar-refractivity contribution is -0.124. The lowest BCUT2D eigenvalue weighted by Gasteiger charge is -2.24. The zero-order valence-corrected chi connectivity index (χ0v) is 14.3. The van der Waals surface area contributed by atoms with Crippen molar-refractivity contribution in [1.82, 2.24) is 10.2 Å². The molecule has 0 aliphatic carbocycles. The lowest BCUT2D eigenvalue weighted by Crippen LogP contribution is -2.45. The first-order valence-corrected chi connectivity index (χ1v) is 7.55. The number of nitrogens with two attached hydrogens (primary N) is 1. The quantitative estimate of drug-likeness (QED) is 0.784. The molecule has 2 atom stereocenters. The van der Waals surface area contributed by atoms with Crippen molar-refractivity contribution in [1.29, 1.82) is 0 Å². The Morgan fingerprint density at radius 1 is 1.17 bits per heavy atom. The highest BCUT2D eigenvalue weighted by Gasteiger charge is 2.39. The van der Waals surface area contributed by atoms with Gasteiger partial charge in [-0.2, -0.15) is 0 Å². The van der Waals surface area contributed by atoms with Crippen molar-refractivity contribution in [3.05, 3.63) is 17.7 Å². The molecule has 0 bridgehead atoms. The molecular weight excluding hydrogens is 314 g/mol. The van der Waals surface area contributed by atoms with Gasteiger partial charge in [0.1, 0.15) is 6.04 Å². The fourth-order valence-corrected chi connectivity index (χ4v) is 2.93. The Hall–Kier alpha value is -2.48. The molecule has 24 heavy (non-hydrogen) atoms. The third-order valence-corrected chi connectivity index (χ3v) is 4.08. The van der Waals surface area contributed by atoms with Crippen LogP contribution in [0.1, 0.15) is 16.8 Å². The van der Waals surface area contributed by atoms with Crippen LogP contribution in [0.5, 0.6) is 17.2 Å². The van der Waals surface area contributed by atoms with Gasteiger partial charge in [0.15, 0.2) is 11.5 Å². The van der Waals surface area contributed by atoms with E-state index in [1.54, 1.807) is 12.1 Å². The van der Waals surface area contributed by atoms with E-state index in [4.69, 9.17) is 19.9 Å².